The Morgan fingerprint density at radius 1 is 1.00 bits per heavy atom. The second-order valence-electron chi connectivity index (χ2n) is 6.98. The monoisotopic (exact) mass is 390 g/mol. The third-order valence-corrected chi connectivity index (χ3v) is 11.4. The molecular weight excluding hydrogens is 361 g/mol. The first-order valence-corrected chi connectivity index (χ1v) is 11.5. The maximum atomic E-state index is 12.4. The van der Waals surface area contributed by atoms with Crippen LogP contribution in [0.4, 0.5) is 13.2 Å². The highest BCUT2D eigenvalue weighted by atomic mass is 32.2. The van der Waals surface area contributed by atoms with Crippen LogP contribution >= 0.6 is 0 Å². The first-order chi connectivity index (χ1) is 10.6. The average molecular weight is 391 g/mol. The molecule has 1 atom stereocenters. The molecule has 0 heterocycles. The van der Waals surface area contributed by atoms with Gasteiger partial charge < -0.3 is 8.61 Å². The van der Waals surface area contributed by atoms with Gasteiger partial charge in [-0.05, 0) is 16.6 Å². The lowest BCUT2D eigenvalue weighted by Crippen LogP contribution is -2.48. The topological polar surface area (TPSA) is 52.6 Å². The molecule has 0 bridgehead atoms. The number of hydrogen-bond acceptors (Lipinski definition) is 4. The molecule has 144 valence electrons. The Balaban J connectivity index is 5.12. The van der Waals surface area contributed by atoms with E-state index in [4.69, 9.17) is 4.43 Å². The number of halogens is 3. The quantitative estimate of drug-likeness (QED) is 0.235. The Labute approximate surface area is 144 Å². The molecule has 0 saturated heterocycles. The van der Waals surface area contributed by atoms with Gasteiger partial charge in [0.05, 0.1) is 0 Å². The van der Waals surface area contributed by atoms with Crippen molar-refractivity contribution in [3.8, 4) is 0 Å². The Hall–Kier alpha value is -0.543. The van der Waals surface area contributed by atoms with Gasteiger partial charge in [-0.25, -0.2) is 0 Å². The molecule has 0 aliphatic heterocycles. The van der Waals surface area contributed by atoms with Crippen LogP contribution in [0.5, 0.6) is 0 Å². The van der Waals surface area contributed by atoms with Crippen molar-refractivity contribution in [2.75, 3.05) is 6.61 Å². The van der Waals surface area contributed by atoms with Crippen molar-refractivity contribution in [2.45, 2.75) is 70.6 Å². The van der Waals surface area contributed by atoms with Gasteiger partial charge in [0.15, 0.2) is 8.32 Å². The van der Waals surface area contributed by atoms with E-state index in [1.165, 1.54) is 6.92 Å². The van der Waals surface area contributed by atoms with Gasteiger partial charge in [0.2, 0.25) is 0 Å². The van der Waals surface area contributed by atoms with E-state index in [1.54, 1.807) is 0 Å². The van der Waals surface area contributed by atoms with Crippen LogP contribution in [-0.2, 0) is 18.7 Å². The summed E-state index contributed by atoms with van der Waals surface area (Å²) in [5.41, 5.74) is -4.56. The van der Waals surface area contributed by atoms with E-state index in [-0.39, 0.29) is 6.61 Å². The van der Waals surface area contributed by atoms with E-state index >= 15 is 0 Å². The lowest BCUT2D eigenvalue weighted by molar-refractivity contribution is -0.0527. The average Bonchev–Trinajstić information content (AvgIpc) is 2.35. The fourth-order valence-corrected chi connectivity index (χ4v) is 9.21. The highest BCUT2D eigenvalue weighted by Gasteiger charge is 2.49. The molecule has 0 fully saturated rings. The molecule has 0 radical (unpaired) electrons. The third-order valence-electron chi connectivity index (χ3n) is 4.34. The van der Waals surface area contributed by atoms with Crippen LogP contribution in [-0.4, -0.2) is 28.9 Å². The van der Waals surface area contributed by atoms with Crippen molar-refractivity contribution in [1.29, 1.82) is 0 Å². The molecule has 0 saturated carbocycles. The molecule has 24 heavy (non-hydrogen) atoms. The molecular formula is C15H29F3O4SSi. The molecule has 9 heteroatoms. The predicted octanol–water partition coefficient (Wildman–Crippen LogP) is 5.19. The van der Waals surface area contributed by atoms with Crippen molar-refractivity contribution in [3.63, 3.8) is 0 Å². The highest BCUT2D eigenvalue weighted by molar-refractivity contribution is 7.87. The van der Waals surface area contributed by atoms with Crippen LogP contribution < -0.4 is 0 Å². The highest BCUT2D eigenvalue weighted by Crippen LogP contribution is 2.42. The molecule has 0 rings (SSSR count). The summed E-state index contributed by atoms with van der Waals surface area (Å²) in [6.07, 6.45) is 0. The maximum absolute atomic E-state index is 12.4. The summed E-state index contributed by atoms with van der Waals surface area (Å²) in [5, 5.41) is 0. The standard InChI is InChI=1S/C15H29F3O4SSi/c1-10(2)24(11(3)4,12(5)6)21-9-13(7)14(8)22-23(19,20)15(16,17)18/h10-13H,8-9H2,1-7H3/t13-/m1/s1. The SMILES string of the molecule is C=C(OS(=O)(=O)C(F)(F)F)[C@H](C)CO[Si](C(C)C)(C(C)C)C(C)C. The van der Waals surface area contributed by atoms with Crippen molar-refractivity contribution in [2.24, 2.45) is 5.92 Å². The molecule has 0 aromatic heterocycles. The van der Waals surface area contributed by atoms with E-state index in [1.807, 2.05) is 0 Å². The van der Waals surface area contributed by atoms with E-state index in [0.29, 0.717) is 16.6 Å². The summed E-state index contributed by atoms with van der Waals surface area (Å²) in [5.74, 6) is -1.14. The minimum absolute atomic E-state index is 0.0764. The van der Waals surface area contributed by atoms with E-state index in [2.05, 4.69) is 52.3 Å². The number of hydrogen-bond donors (Lipinski definition) is 0. The molecule has 0 spiro atoms. The van der Waals surface area contributed by atoms with Gasteiger partial charge in [-0.3, -0.25) is 0 Å². The summed E-state index contributed by atoms with van der Waals surface area (Å²) in [4.78, 5) is 0. The normalized spacial score (nSPS) is 15.2. The lowest BCUT2D eigenvalue weighted by Gasteiger charge is -2.42. The zero-order valence-corrected chi connectivity index (χ0v) is 17.2. The van der Waals surface area contributed by atoms with Crippen molar-refractivity contribution in [3.05, 3.63) is 12.3 Å². The maximum Gasteiger partial charge on any atom is 0.534 e. The molecule has 0 aliphatic carbocycles. The van der Waals surface area contributed by atoms with Crippen LogP contribution in [0.25, 0.3) is 0 Å². The fraction of sp³-hybridized carbons (Fsp3) is 0.867. The summed E-state index contributed by atoms with van der Waals surface area (Å²) in [6.45, 7) is 17.4. The van der Waals surface area contributed by atoms with Crippen molar-refractivity contribution in [1.82, 2.24) is 0 Å². The van der Waals surface area contributed by atoms with Gasteiger partial charge in [-0.15, -0.1) is 0 Å². The number of rotatable bonds is 9. The molecule has 4 nitrogen and oxygen atoms in total. The first kappa shape index (κ1) is 23.5. The van der Waals surface area contributed by atoms with Crippen molar-refractivity contribution < 1.29 is 30.2 Å². The summed E-state index contributed by atoms with van der Waals surface area (Å²) < 4.78 is 69.5. The van der Waals surface area contributed by atoms with Crippen LogP contribution in [0.15, 0.2) is 12.3 Å². The molecule has 0 unspecified atom stereocenters. The van der Waals surface area contributed by atoms with E-state index in [9.17, 15) is 21.6 Å². The minimum atomic E-state index is -5.69. The van der Waals surface area contributed by atoms with Gasteiger partial charge in [0, 0.05) is 12.5 Å². The van der Waals surface area contributed by atoms with Gasteiger partial charge in [-0.1, -0.05) is 55.0 Å². The smallest absolute Gasteiger partial charge is 0.415 e. The summed E-state index contributed by atoms with van der Waals surface area (Å²) in [7, 11) is -7.89. The Morgan fingerprint density at radius 2 is 1.38 bits per heavy atom. The Bertz CT molecular complexity index is 506. The van der Waals surface area contributed by atoms with Crippen molar-refractivity contribution >= 4 is 18.4 Å². The van der Waals surface area contributed by atoms with Gasteiger partial charge >= 0.3 is 15.6 Å². The Morgan fingerprint density at radius 3 is 1.67 bits per heavy atom. The largest absolute Gasteiger partial charge is 0.534 e. The predicted molar refractivity (Wildman–Crippen MR) is 91.4 cm³/mol. The summed E-state index contributed by atoms with van der Waals surface area (Å²) >= 11 is 0. The van der Waals surface area contributed by atoms with Gasteiger partial charge in [0.25, 0.3) is 0 Å². The molecule has 0 aliphatic rings. The zero-order valence-electron chi connectivity index (χ0n) is 15.4. The second-order valence-corrected chi connectivity index (χ2v) is 14.0. The van der Waals surface area contributed by atoms with Crippen LogP contribution in [0.3, 0.4) is 0 Å². The molecule has 0 amide bonds. The molecule has 0 N–H and O–H groups in total. The fourth-order valence-electron chi connectivity index (χ4n) is 3.13. The zero-order chi connectivity index (χ0) is 19.5. The lowest BCUT2D eigenvalue weighted by atomic mass is 10.2. The van der Waals surface area contributed by atoms with Crippen LogP contribution in [0.2, 0.25) is 16.6 Å². The first-order valence-electron chi connectivity index (χ1n) is 7.93. The molecule has 0 aromatic carbocycles. The molecule has 0 aromatic rings. The van der Waals surface area contributed by atoms with Gasteiger partial charge in [-0.2, -0.15) is 21.6 Å². The third kappa shape index (κ3) is 5.22. The Kier molecular flexibility index (Phi) is 8.04. The van der Waals surface area contributed by atoms with Crippen LogP contribution in [0.1, 0.15) is 48.5 Å². The number of alkyl halides is 3. The van der Waals surface area contributed by atoms with Gasteiger partial charge in [0.1, 0.15) is 5.76 Å². The minimum Gasteiger partial charge on any atom is -0.415 e. The van der Waals surface area contributed by atoms with E-state index in [0.717, 1.165) is 0 Å². The van der Waals surface area contributed by atoms with E-state index < -0.39 is 35.6 Å². The van der Waals surface area contributed by atoms with Crippen LogP contribution in [0, 0.1) is 5.92 Å². The summed E-state index contributed by atoms with van der Waals surface area (Å²) in [6, 6.07) is 0. The second kappa shape index (κ2) is 8.22.